The second-order valence-electron chi connectivity index (χ2n) is 10.1. The van der Waals surface area contributed by atoms with E-state index in [0.29, 0.717) is 0 Å². The van der Waals surface area contributed by atoms with Crippen molar-refractivity contribution in [1.29, 1.82) is 0 Å². The lowest BCUT2D eigenvalue weighted by molar-refractivity contribution is 1.08. The molecule has 5 heterocycles. The molecule has 186 valence electrons. The van der Waals surface area contributed by atoms with Gasteiger partial charge in [0.05, 0.1) is 33.3 Å². The third-order valence-electron chi connectivity index (χ3n) is 8.00. The van der Waals surface area contributed by atoms with Crippen molar-refractivity contribution in [2.45, 2.75) is 0 Å². The molecule has 5 nitrogen and oxygen atoms in total. The molecule has 0 saturated carbocycles. The Hall–Kier alpha value is -5.55. The van der Waals surface area contributed by atoms with Gasteiger partial charge in [0.1, 0.15) is 11.5 Å². The molecule has 5 aromatic heterocycles. The monoisotopic (exact) mass is 511 g/mol. The number of benzene rings is 4. The van der Waals surface area contributed by atoms with Crippen LogP contribution in [0.15, 0.2) is 128 Å². The highest BCUT2D eigenvalue weighted by Gasteiger charge is 2.21. The van der Waals surface area contributed by atoms with Crippen LogP contribution in [0.25, 0.3) is 77.2 Å². The van der Waals surface area contributed by atoms with Gasteiger partial charge in [0, 0.05) is 39.5 Å². The van der Waals surface area contributed by atoms with Gasteiger partial charge in [-0.25, -0.2) is 9.97 Å². The SMILES string of the molecule is c1cc(-c2ccncc2)nc(-n2c3ccccc3c3c4c(ccc32)c2ccccc2n2c3ccccc3nc42)c1. The summed E-state index contributed by atoms with van der Waals surface area (Å²) in [7, 11) is 0. The van der Waals surface area contributed by atoms with Gasteiger partial charge in [-0.15, -0.1) is 0 Å². The highest BCUT2D eigenvalue weighted by Crippen LogP contribution is 2.41. The molecule has 0 unspecified atom stereocenters. The molecule has 0 saturated heterocycles. The molecule has 0 atom stereocenters. The van der Waals surface area contributed by atoms with Gasteiger partial charge in [0.15, 0.2) is 0 Å². The first kappa shape index (κ1) is 21.4. The highest BCUT2D eigenvalue weighted by atomic mass is 15.1. The van der Waals surface area contributed by atoms with Gasteiger partial charge in [-0.1, -0.05) is 60.7 Å². The Balaban J connectivity index is 1.49. The third-order valence-corrected chi connectivity index (χ3v) is 8.00. The van der Waals surface area contributed by atoms with Crippen LogP contribution in [0.4, 0.5) is 0 Å². The first-order valence-corrected chi connectivity index (χ1v) is 13.4. The van der Waals surface area contributed by atoms with Gasteiger partial charge in [-0.3, -0.25) is 14.0 Å². The second-order valence-corrected chi connectivity index (χ2v) is 10.1. The maximum Gasteiger partial charge on any atom is 0.147 e. The van der Waals surface area contributed by atoms with Gasteiger partial charge in [0.2, 0.25) is 0 Å². The van der Waals surface area contributed by atoms with E-state index in [4.69, 9.17) is 9.97 Å². The molecule has 0 amide bonds. The fraction of sp³-hybridized carbons (Fsp3) is 0. The molecule has 0 aliphatic rings. The van der Waals surface area contributed by atoms with Crippen LogP contribution >= 0.6 is 0 Å². The number of para-hydroxylation sites is 4. The molecule has 0 aliphatic carbocycles. The van der Waals surface area contributed by atoms with Gasteiger partial charge in [0.25, 0.3) is 0 Å². The Morgan fingerprint density at radius 3 is 2.10 bits per heavy atom. The van der Waals surface area contributed by atoms with Crippen LogP contribution in [0, 0.1) is 0 Å². The minimum absolute atomic E-state index is 0.880. The van der Waals surface area contributed by atoms with E-state index >= 15 is 0 Å². The van der Waals surface area contributed by atoms with E-state index in [1.165, 1.54) is 21.5 Å². The lowest BCUT2D eigenvalue weighted by Gasteiger charge is -2.12. The van der Waals surface area contributed by atoms with Crippen LogP contribution in [0.5, 0.6) is 0 Å². The van der Waals surface area contributed by atoms with E-state index < -0.39 is 0 Å². The fourth-order valence-electron chi connectivity index (χ4n) is 6.33. The van der Waals surface area contributed by atoms with Crippen molar-refractivity contribution in [2.75, 3.05) is 0 Å². The van der Waals surface area contributed by atoms with E-state index in [1.807, 2.05) is 18.2 Å². The van der Waals surface area contributed by atoms with Crippen molar-refractivity contribution in [3.63, 3.8) is 0 Å². The zero-order valence-corrected chi connectivity index (χ0v) is 21.4. The van der Waals surface area contributed by atoms with E-state index in [9.17, 15) is 0 Å². The minimum Gasteiger partial charge on any atom is -0.294 e. The summed E-state index contributed by atoms with van der Waals surface area (Å²) in [5.41, 5.74) is 8.43. The van der Waals surface area contributed by atoms with Crippen molar-refractivity contribution in [2.24, 2.45) is 0 Å². The first-order valence-electron chi connectivity index (χ1n) is 13.4. The Kier molecular flexibility index (Phi) is 4.27. The number of hydrogen-bond acceptors (Lipinski definition) is 3. The minimum atomic E-state index is 0.880. The predicted octanol–water partition coefficient (Wildman–Crippen LogP) is 8.35. The molecule has 40 heavy (non-hydrogen) atoms. The van der Waals surface area contributed by atoms with Crippen molar-refractivity contribution in [3.8, 4) is 17.1 Å². The molecule has 0 aliphatic heterocycles. The summed E-state index contributed by atoms with van der Waals surface area (Å²) in [6.45, 7) is 0. The van der Waals surface area contributed by atoms with E-state index in [2.05, 4.69) is 111 Å². The van der Waals surface area contributed by atoms with Crippen molar-refractivity contribution in [1.82, 2.24) is 23.9 Å². The standard InChI is InChI=1S/C35H21N5/c1-4-12-28-23(8-1)24-16-17-31-33(34(24)35-38-27-10-3-6-14-30(27)40(28)35)25-9-2-5-13-29(25)39(31)32-15-7-11-26(37-32)22-18-20-36-21-19-22/h1-21H. The maximum absolute atomic E-state index is 5.22. The number of imidazole rings is 1. The average Bonchev–Trinajstić information content (AvgIpc) is 3.58. The van der Waals surface area contributed by atoms with Gasteiger partial charge in [-0.2, -0.15) is 0 Å². The summed E-state index contributed by atoms with van der Waals surface area (Å²) in [5.74, 6) is 0.880. The first-order chi connectivity index (χ1) is 19.9. The Bertz CT molecular complexity index is 2430. The molecular formula is C35H21N5. The van der Waals surface area contributed by atoms with Gasteiger partial charge < -0.3 is 0 Å². The molecule has 4 aromatic carbocycles. The molecule has 9 aromatic rings. The van der Waals surface area contributed by atoms with E-state index in [0.717, 1.165) is 55.7 Å². The lowest BCUT2D eigenvalue weighted by atomic mass is 10.0. The molecule has 9 rings (SSSR count). The summed E-state index contributed by atoms with van der Waals surface area (Å²) >= 11 is 0. The molecule has 0 radical (unpaired) electrons. The number of aromatic nitrogens is 5. The Morgan fingerprint density at radius 2 is 1.23 bits per heavy atom. The van der Waals surface area contributed by atoms with Gasteiger partial charge in [-0.05, 0) is 60.0 Å². The van der Waals surface area contributed by atoms with Crippen LogP contribution in [0.3, 0.4) is 0 Å². The summed E-state index contributed by atoms with van der Waals surface area (Å²) < 4.78 is 4.60. The zero-order chi connectivity index (χ0) is 26.2. The van der Waals surface area contributed by atoms with Crippen LogP contribution < -0.4 is 0 Å². The highest BCUT2D eigenvalue weighted by molar-refractivity contribution is 6.29. The zero-order valence-electron chi connectivity index (χ0n) is 21.4. The molecule has 5 heteroatoms. The van der Waals surface area contributed by atoms with Crippen molar-refractivity contribution in [3.05, 3.63) is 128 Å². The fourth-order valence-corrected chi connectivity index (χ4v) is 6.33. The largest absolute Gasteiger partial charge is 0.294 e. The number of fused-ring (bicyclic) bond motifs is 12. The third kappa shape index (κ3) is 2.83. The molecular weight excluding hydrogens is 490 g/mol. The summed E-state index contributed by atoms with van der Waals surface area (Å²) in [6.07, 6.45) is 3.61. The molecule has 0 fully saturated rings. The Morgan fingerprint density at radius 1 is 0.475 bits per heavy atom. The number of pyridine rings is 3. The predicted molar refractivity (Wildman–Crippen MR) is 163 cm³/mol. The molecule has 0 bridgehead atoms. The normalized spacial score (nSPS) is 12.0. The van der Waals surface area contributed by atoms with Crippen LogP contribution in [0.1, 0.15) is 0 Å². The van der Waals surface area contributed by atoms with Crippen molar-refractivity contribution >= 4 is 60.2 Å². The van der Waals surface area contributed by atoms with Crippen molar-refractivity contribution < 1.29 is 0 Å². The number of rotatable bonds is 2. The summed E-state index contributed by atoms with van der Waals surface area (Å²) in [6, 6.07) is 40.3. The topological polar surface area (TPSA) is 48.0 Å². The Labute approximate surface area is 228 Å². The van der Waals surface area contributed by atoms with E-state index in [1.54, 1.807) is 12.4 Å². The van der Waals surface area contributed by atoms with Gasteiger partial charge >= 0.3 is 0 Å². The molecule has 0 spiro atoms. The van der Waals surface area contributed by atoms with Crippen LogP contribution in [-0.2, 0) is 0 Å². The quantitative estimate of drug-likeness (QED) is 0.219. The number of hydrogen-bond donors (Lipinski definition) is 0. The van der Waals surface area contributed by atoms with E-state index in [-0.39, 0.29) is 0 Å². The summed E-state index contributed by atoms with van der Waals surface area (Å²) in [5, 5.41) is 5.95. The summed E-state index contributed by atoms with van der Waals surface area (Å²) in [4.78, 5) is 14.5. The van der Waals surface area contributed by atoms with Crippen LogP contribution in [-0.4, -0.2) is 23.9 Å². The smallest absolute Gasteiger partial charge is 0.147 e. The lowest BCUT2D eigenvalue weighted by Crippen LogP contribution is -1.98. The maximum atomic E-state index is 5.22. The molecule has 0 N–H and O–H groups in total. The van der Waals surface area contributed by atoms with Crippen LogP contribution in [0.2, 0.25) is 0 Å². The second kappa shape index (κ2) is 7.98. The number of nitrogens with zero attached hydrogens (tertiary/aromatic N) is 5. The average molecular weight is 512 g/mol.